The third kappa shape index (κ3) is 1.92. The lowest BCUT2D eigenvalue weighted by Gasteiger charge is -2.34. The van der Waals surface area contributed by atoms with Gasteiger partial charge in [-0.05, 0) is 24.8 Å². The van der Waals surface area contributed by atoms with Crippen molar-refractivity contribution in [3.8, 4) is 0 Å². The molecule has 0 radical (unpaired) electrons. The van der Waals surface area contributed by atoms with Gasteiger partial charge in [-0.3, -0.25) is 0 Å². The molecular weight excluding hydrogens is 194 g/mol. The van der Waals surface area contributed by atoms with Crippen molar-refractivity contribution in [1.29, 1.82) is 0 Å². The van der Waals surface area contributed by atoms with Crippen LogP contribution in [-0.4, -0.2) is 12.1 Å². The van der Waals surface area contributed by atoms with Crippen LogP contribution in [0.25, 0.3) is 0 Å². The van der Waals surface area contributed by atoms with Gasteiger partial charge in [-0.25, -0.2) is 0 Å². The topological polar surface area (TPSA) is 12.0 Å². The van der Waals surface area contributed by atoms with E-state index < -0.39 is 0 Å². The van der Waals surface area contributed by atoms with Gasteiger partial charge in [0.25, 0.3) is 0 Å². The van der Waals surface area contributed by atoms with Gasteiger partial charge in [0.1, 0.15) is 0 Å². The third-order valence-electron chi connectivity index (χ3n) is 3.77. The molecule has 3 rings (SSSR count). The lowest BCUT2D eigenvalue weighted by Crippen LogP contribution is -2.45. The zero-order valence-corrected chi connectivity index (χ0v) is 9.60. The van der Waals surface area contributed by atoms with Crippen molar-refractivity contribution < 1.29 is 0 Å². The van der Waals surface area contributed by atoms with Crippen LogP contribution in [0.5, 0.6) is 0 Å². The highest BCUT2D eigenvalue weighted by Crippen LogP contribution is 2.29. The Morgan fingerprint density at radius 2 is 2.06 bits per heavy atom. The van der Waals surface area contributed by atoms with E-state index in [4.69, 9.17) is 0 Å². The zero-order chi connectivity index (χ0) is 10.8. The van der Waals surface area contributed by atoms with Crippen molar-refractivity contribution in [2.75, 3.05) is 0 Å². The normalized spacial score (nSPS) is 39.0. The van der Waals surface area contributed by atoms with Crippen LogP contribution in [-0.2, 0) is 0 Å². The van der Waals surface area contributed by atoms with Gasteiger partial charge in [0, 0.05) is 18.0 Å². The van der Waals surface area contributed by atoms with Crippen LogP contribution in [0.1, 0.15) is 25.7 Å². The molecule has 0 saturated heterocycles. The average Bonchev–Trinajstić information content (AvgIpc) is 2.41. The molecule has 3 atom stereocenters. The molecular formula is C15H19N. The maximum atomic E-state index is 3.73. The van der Waals surface area contributed by atoms with Crippen molar-refractivity contribution in [3.05, 3.63) is 48.1 Å². The first-order valence-corrected chi connectivity index (χ1v) is 6.43. The lowest BCUT2D eigenvalue weighted by molar-refractivity contribution is 0.422. The summed E-state index contributed by atoms with van der Waals surface area (Å²) in [4.78, 5) is 0. The van der Waals surface area contributed by atoms with E-state index in [0.29, 0.717) is 18.0 Å². The molecule has 3 unspecified atom stereocenters. The number of hydrogen-bond donors (Lipinski definition) is 1. The molecule has 0 aromatic rings. The van der Waals surface area contributed by atoms with Crippen molar-refractivity contribution in [2.45, 2.75) is 37.8 Å². The number of nitrogens with one attached hydrogen (secondary N) is 1. The summed E-state index contributed by atoms with van der Waals surface area (Å²) < 4.78 is 0. The quantitative estimate of drug-likeness (QED) is 0.652. The van der Waals surface area contributed by atoms with Crippen molar-refractivity contribution in [3.63, 3.8) is 0 Å². The fourth-order valence-electron chi connectivity index (χ4n) is 2.90. The van der Waals surface area contributed by atoms with Gasteiger partial charge >= 0.3 is 0 Å². The summed E-state index contributed by atoms with van der Waals surface area (Å²) in [5, 5.41) is 3.73. The van der Waals surface area contributed by atoms with Crippen LogP contribution < -0.4 is 5.32 Å². The lowest BCUT2D eigenvalue weighted by atomic mass is 9.82. The minimum absolute atomic E-state index is 0.512. The van der Waals surface area contributed by atoms with Crippen LogP contribution in [0.2, 0.25) is 0 Å². The largest absolute Gasteiger partial charge is 0.303 e. The van der Waals surface area contributed by atoms with E-state index in [2.05, 4.69) is 47.8 Å². The van der Waals surface area contributed by atoms with E-state index >= 15 is 0 Å². The third-order valence-corrected chi connectivity index (χ3v) is 3.77. The molecule has 1 N–H and O–H groups in total. The average molecular weight is 213 g/mol. The minimum atomic E-state index is 0.512. The van der Waals surface area contributed by atoms with Gasteiger partial charge in [-0.2, -0.15) is 0 Å². The van der Waals surface area contributed by atoms with Crippen molar-refractivity contribution in [2.24, 2.45) is 5.92 Å². The summed E-state index contributed by atoms with van der Waals surface area (Å²) in [6.45, 7) is 0. The van der Waals surface area contributed by atoms with E-state index in [1.54, 1.807) is 0 Å². The number of hydrogen-bond acceptors (Lipinski definition) is 1. The standard InChI is InChI=1S/C15H19N/c1-2-4-8-13-11-12(7-3-1)14-9-5-6-10-15(14)16-13/h3,5-7,9-11,13-16H,1-2,4,8H2/b7-3-. The molecule has 16 heavy (non-hydrogen) atoms. The van der Waals surface area contributed by atoms with E-state index in [9.17, 15) is 0 Å². The molecule has 0 amide bonds. The maximum Gasteiger partial charge on any atom is 0.0362 e. The van der Waals surface area contributed by atoms with Crippen LogP contribution in [0.4, 0.5) is 0 Å². The van der Waals surface area contributed by atoms with Gasteiger partial charge < -0.3 is 5.32 Å². The van der Waals surface area contributed by atoms with E-state index in [0.717, 1.165) is 0 Å². The second kappa shape index (κ2) is 4.42. The number of allylic oxidation sites excluding steroid dienone is 4. The molecule has 1 nitrogen and oxygen atoms in total. The first-order chi connectivity index (χ1) is 7.93. The highest BCUT2D eigenvalue weighted by molar-refractivity contribution is 5.37. The minimum Gasteiger partial charge on any atom is -0.303 e. The summed E-state index contributed by atoms with van der Waals surface area (Å²) >= 11 is 0. The van der Waals surface area contributed by atoms with E-state index in [1.807, 2.05) is 0 Å². The summed E-state index contributed by atoms with van der Waals surface area (Å²) in [5.74, 6) is 0.551. The molecule has 84 valence electrons. The van der Waals surface area contributed by atoms with Crippen molar-refractivity contribution in [1.82, 2.24) is 5.32 Å². The molecule has 0 fully saturated rings. The number of fused-ring (bicyclic) bond motifs is 3. The molecule has 2 bridgehead atoms. The Morgan fingerprint density at radius 3 is 3.06 bits per heavy atom. The predicted molar refractivity (Wildman–Crippen MR) is 68.2 cm³/mol. The Kier molecular flexibility index (Phi) is 2.79. The predicted octanol–water partition coefficient (Wildman–Crippen LogP) is 3.13. The Bertz CT molecular complexity index is 373. The second-order valence-corrected chi connectivity index (χ2v) is 4.95. The maximum absolute atomic E-state index is 3.73. The molecule has 0 spiro atoms. The summed E-state index contributed by atoms with van der Waals surface area (Å²) in [6, 6.07) is 1.09. The smallest absolute Gasteiger partial charge is 0.0362 e. The first kappa shape index (κ1) is 10.1. The van der Waals surface area contributed by atoms with Crippen LogP contribution >= 0.6 is 0 Å². The fourth-order valence-corrected chi connectivity index (χ4v) is 2.90. The van der Waals surface area contributed by atoms with E-state index in [-0.39, 0.29) is 0 Å². The molecule has 0 aromatic heterocycles. The molecule has 0 saturated carbocycles. The van der Waals surface area contributed by atoms with Crippen LogP contribution in [0, 0.1) is 5.92 Å². The van der Waals surface area contributed by atoms with Crippen LogP contribution in [0.15, 0.2) is 48.1 Å². The van der Waals surface area contributed by atoms with Crippen molar-refractivity contribution >= 4 is 0 Å². The number of rotatable bonds is 0. The van der Waals surface area contributed by atoms with Gasteiger partial charge in [0.05, 0.1) is 0 Å². The van der Waals surface area contributed by atoms with Gasteiger partial charge in [-0.1, -0.05) is 49.0 Å². The molecule has 1 heteroatoms. The molecule has 3 aliphatic rings. The summed E-state index contributed by atoms with van der Waals surface area (Å²) in [6.07, 6.45) is 21.3. The van der Waals surface area contributed by atoms with Gasteiger partial charge in [0.15, 0.2) is 0 Å². The van der Waals surface area contributed by atoms with Crippen LogP contribution in [0.3, 0.4) is 0 Å². The highest BCUT2D eigenvalue weighted by atomic mass is 15.0. The Morgan fingerprint density at radius 1 is 1.12 bits per heavy atom. The first-order valence-electron chi connectivity index (χ1n) is 6.43. The molecule has 1 aliphatic heterocycles. The molecule has 2 aliphatic carbocycles. The summed E-state index contributed by atoms with van der Waals surface area (Å²) in [5.41, 5.74) is 1.51. The van der Waals surface area contributed by atoms with Gasteiger partial charge in [-0.15, -0.1) is 0 Å². The highest BCUT2D eigenvalue weighted by Gasteiger charge is 2.28. The summed E-state index contributed by atoms with van der Waals surface area (Å²) in [7, 11) is 0. The second-order valence-electron chi connectivity index (χ2n) is 4.95. The SMILES string of the molecule is C1=CC2NC3C=C(/C=C\CCCC3)C2C=C1. The van der Waals surface area contributed by atoms with E-state index in [1.165, 1.54) is 31.3 Å². The fraction of sp³-hybridized carbons (Fsp3) is 0.467. The molecule has 1 heterocycles. The zero-order valence-electron chi connectivity index (χ0n) is 9.60. The van der Waals surface area contributed by atoms with Gasteiger partial charge in [0.2, 0.25) is 0 Å². The Balaban J connectivity index is 1.92. The monoisotopic (exact) mass is 213 g/mol. The molecule has 0 aromatic carbocycles. The Hall–Kier alpha value is -1.08. The Labute approximate surface area is 97.6 Å².